The SMILES string of the molecule is CN(CCN)c1cnn(CCS(C)(=O)=O)c(=O)c1. The maximum Gasteiger partial charge on any atom is 0.268 e. The van der Waals surface area contributed by atoms with E-state index in [-0.39, 0.29) is 17.9 Å². The zero-order valence-electron chi connectivity index (χ0n) is 10.5. The summed E-state index contributed by atoms with van der Waals surface area (Å²) >= 11 is 0. The van der Waals surface area contributed by atoms with Gasteiger partial charge in [-0.15, -0.1) is 0 Å². The van der Waals surface area contributed by atoms with Gasteiger partial charge in [-0.3, -0.25) is 4.79 Å². The molecule has 1 heterocycles. The standard InChI is InChI=1S/C10H18N4O3S/c1-13(4-3-11)9-7-10(15)14(12-8-9)5-6-18(2,16)17/h7-8H,3-6,11H2,1-2H3. The smallest absolute Gasteiger partial charge is 0.268 e. The van der Waals surface area contributed by atoms with Crippen molar-refractivity contribution >= 4 is 15.5 Å². The van der Waals surface area contributed by atoms with E-state index in [9.17, 15) is 13.2 Å². The van der Waals surface area contributed by atoms with E-state index in [4.69, 9.17) is 5.73 Å². The van der Waals surface area contributed by atoms with Gasteiger partial charge in [0.25, 0.3) is 5.56 Å². The molecule has 1 rings (SSSR count). The average Bonchev–Trinajstić information content (AvgIpc) is 2.26. The minimum Gasteiger partial charge on any atom is -0.372 e. The number of sulfone groups is 1. The van der Waals surface area contributed by atoms with E-state index in [0.29, 0.717) is 18.8 Å². The molecule has 0 aliphatic rings. The number of hydrogen-bond donors (Lipinski definition) is 1. The molecule has 0 radical (unpaired) electrons. The van der Waals surface area contributed by atoms with E-state index in [0.717, 1.165) is 10.9 Å². The molecule has 0 fully saturated rings. The number of nitrogens with two attached hydrogens (primary N) is 1. The summed E-state index contributed by atoms with van der Waals surface area (Å²) in [6, 6.07) is 1.42. The molecule has 0 aliphatic heterocycles. The molecule has 7 nitrogen and oxygen atoms in total. The molecule has 0 aliphatic carbocycles. The van der Waals surface area contributed by atoms with Gasteiger partial charge in [0.2, 0.25) is 0 Å². The number of aromatic nitrogens is 2. The highest BCUT2D eigenvalue weighted by Gasteiger charge is 2.07. The molecule has 0 unspecified atom stereocenters. The molecule has 1 aromatic heterocycles. The summed E-state index contributed by atoms with van der Waals surface area (Å²) in [5, 5.41) is 3.94. The minimum atomic E-state index is -3.10. The van der Waals surface area contributed by atoms with E-state index in [1.807, 2.05) is 11.9 Å². The lowest BCUT2D eigenvalue weighted by atomic mass is 10.4. The fourth-order valence-corrected chi connectivity index (χ4v) is 1.88. The van der Waals surface area contributed by atoms with Crippen LogP contribution in [-0.4, -0.2) is 50.3 Å². The molecular weight excluding hydrogens is 256 g/mol. The molecule has 2 N–H and O–H groups in total. The van der Waals surface area contributed by atoms with Gasteiger partial charge in [0.1, 0.15) is 9.84 Å². The van der Waals surface area contributed by atoms with E-state index >= 15 is 0 Å². The molecule has 0 bridgehead atoms. The van der Waals surface area contributed by atoms with Crippen LogP contribution in [0.25, 0.3) is 0 Å². The second-order valence-corrected chi connectivity index (χ2v) is 6.38. The lowest BCUT2D eigenvalue weighted by Gasteiger charge is -2.17. The Morgan fingerprint density at radius 2 is 2.17 bits per heavy atom. The average molecular weight is 274 g/mol. The second-order valence-electron chi connectivity index (χ2n) is 4.12. The van der Waals surface area contributed by atoms with Crippen molar-refractivity contribution in [2.45, 2.75) is 6.54 Å². The summed E-state index contributed by atoms with van der Waals surface area (Å²) in [4.78, 5) is 13.5. The Morgan fingerprint density at radius 3 is 2.67 bits per heavy atom. The van der Waals surface area contributed by atoms with Gasteiger partial charge in [-0.2, -0.15) is 5.10 Å². The van der Waals surface area contributed by atoms with Crippen molar-refractivity contribution in [1.82, 2.24) is 9.78 Å². The zero-order chi connectivity index (χ0) is 13.8. The molecule has 1 aromatic rings. The van der Waals surface area contributed by atoms with Crippen LogP contribution in [0.4, 0.5) is 5.69 Å². The van der Waals surface area contributed by atoms with Gasteiger partial charge in [0.15, 0.2) is 0 Å². The van der Waals surface area contributed by atoms with Crippen molar-refractivity contribution in [2.75, 3.05) is 37.0 Å². The Labute approximate surface area is 106 Å². The summed E-state index contributed by atoms with van der Waals surface area (Å²) in [6.07, 6.45) is 2.65. The Morgan fingerprint density at radius 1 is 1.50 bits per heavy atom. The van der Waals surface area contributed by atoms with Crippen molar-refractivity contribution in [3.8, 4) is 0 Å². The highest BCUT2D eigenvalue weighted by atomic mass is 32.2. The van der Waals surface area contributed by atoms with Crippen molar-refractivity contribution in [1.29, 1.82) is 0 Å². The molecule has 102 valence electrons. The van der Waals surface area contributed by atoms with Gasteiger partial charge in [-0.25, -0.2) is 13.1 Å². The lowest BCUT2D eigenvalue weighted by Crippen LogP contribution is -2.30. The molecule has 0 atom stereocenters. The maximum absolute atomic E-state index is 11.7. The van der Waals surface area contributed by atoms with Crippen LogP contribution in [0.15, 0.2) is 17.1 Å². The van der Waals surface area contributed by atoms with E-state index in [1.165, 1.54) is 12.3 Å². The summed E-state index contributed by atoms with van der Waals surface area (Å²) in [6.45, 7) is 1.17. The number of nitrogens with zero attached hydrogens (tertiary/aromatic N) is 3. The molecule has 0 aromatic carbocycles. The maximum atomic E-state index is 11.7. The largest absolute Gasteiger partial charge is 0.372 e. The van der Waals surface area contributed by atoms with Gasteiger partial charge >= 0.3 is 0 Å². The monoisotopic (exact) mass is 274 g/mol. The fourth-order valence-electron chi connectivity index (χ4n) is 1.38. The van der Waals surface area contributed by atoms with E-state index in [1.54, 1.807) is 0 Å². The van der Waals surface area contributed by atoms with Crippen LogP contribution in [0.2, 0.25) is 0 Å². The van der Waals surface area contributed by atoms with Crippen LogP contribution >= 0.6 is 0 Å². The Balaban J connectivity index is 2.83. The first-order chi connectivity index (χ1) is 8.33. The van der Waals surface area contributed by atoms with Gasteiger partial charge in [0.05, 0.1) is 24.2 Å². The third-order valence-corrected chi connectivity index (χ3v) is 3.36. The van der Waals surface area contributed by atoms with Crippen LogP contribution in [0, 0.1) is 0 Å². The molecule has 0 amide bonds. The fraction of sp³-hybridized carbons (Fsp3) is 0.600. The summed E-state index contributed by atoms with van der Waals surface area (Å²) in [7, 11) is -1.29. The highest BCUT2D eigenvalue weighted by molar-refractivity contribution is 7.90. The second kappa shape index (κ2) is 5.96. The van der Waals surface area contributed by atoms with Crippen LogP contribution in [-0.2, 0) is 16.4 Å². The van der Waals surface area contributed by atoms with Crippen molar-refractivity contribution in [2.24, 2.45) is 5.73 Å². The number of rotatable bonds is 6. The van der Waals surface area contributed by atoms with Crippen molar-refractivity contribution < 1.29 is 8.42 Å². The molecule has 0 spiro atoms. The molecule has 8 heteroatoms. The predicted octanol–water partition coefficient (Wildman–Crippen LogP) is -1.32. The van der Waals surface area contributed by atoms with Gasteiger partial charge < -0.3 is 10.6 Å². The Kier molecular flexibility index (Phi) is 4.85. The van der Waals surface area contributed by atoms with Crippen LogP contribution in [0.5, 0.6) is 0 Å². The summed E-state index contributed by atoms with van der Waals surface area (Å²) in [5.41, 5.74) is 5.77. The summed E-state index contributed by atoms with van der Waals surface area (Å²) < 4.78 is 23.2. The Bertz CT molecular complexity index is 552. The molecule has 0 saturated heterocycles. The van der Waals surface area contributed by atoms with Crippen LogP contribution < -0.4 is 16.2 Å². The summed E-state index contributed by atoms with van der Waals surface area (Å²) in [5.74, 6) is -0.0993. The van der Waals surface area contributed by atoms with E-state index in [2.05, 4.69) is 5.10 Å². The van der Waals surface area contributed by atoms with Crippen LogP contribution in [0.1, 0.15) is 0 Å². The zero-order valence-corrected chi connectivity index (χ0v) is 11.4. The first-order valence-corrected chi connectivity index (χ1v) is 7.55. The molecule has 18 heavy (non-hydrogen) atoms. The van der Waals surface area contributed by atoms with Gasteiger partial charge in [0, 0.05) is 32.5 Å². The first kappa shape index (κ1) is 14.7. The predicted molar refractivity (Wildman–Crippen MR) is 70.5 cm³/mol. The molecule has 0 saturated carbocycles. The third-order valence-electron chi connectivity index (χ3n) is 2.43. The number of aryl methyl sites for hydroxylation is 1. The third kappa shape index (κ3) is 4.46. The van der Waals surface area contributed by atoms with Crippen molar-refractivity contribution in [3.05, 3.63) is 22.6 Å². The first-order valence-electron chi connectivity index (χ1n) is 5.49. The van der Waals surface area contributed by atoms with Gasteiger partial charge in [-0.05, 0) is 0 Å². The number of anilines is 1. The Hall–Kier alpha value is -1.41. The van der Waals surface area contributed by atoms with E-state index < -0.39 is 9.84 Å². The number of hydrogen-bond acceptors (Lipinski definition) is 6. The van der Waals surface area contributed by atoms with Crippen molar-refractivity contribution in [3.63, 3.8) is 0 Å². The number of likely N-dealkylation sites (N-methyl/N-ethyl adjacent to an activating group) is 1. The minimum absolute atomic E-state index is 0.0680. The quantitative estimate of drug-likeness (QED) is 0.691. The van der Waals surface area contributed by atoms with Gasteiger partial charge in [-0.1, -0.05) is 0 Å². The topological polar surface area (TPSA) is 98.3 Å². The molecular formula is C10H18N4O3S. The lowest BCUT2D eigenvalue weighted by molar-refractivity contribution is 0.575. The normalized spacial score (nSPS) is 11.5. The highest BCUT2D eigenvalue weighted by Crippen LogP contribution is 2.05. The van der Waals surface area contributed by atoms with Crippen LogP contribution in [0.3, 0.4) is 0 Å².